The van der Waals surface area contributed by atoms with E-state index in [0.717, 1.165) is 53.9 Å². The van der Waals surface area contributed by atoms with Crippen molar-refractivity contribution >= 4 is 40.4 Å². The molecule has 0 aliphatic carbocycles. The van der Waals surface area contributed by atoms with Gasteiger partial charge in [-0.05, 0) is 47.3 Å². The lowest BCUT2D eigenvalue weighted by atomic mass is 10.2. The second-order valence-corrected chi connectivity index (χ2v) is 9.04. The molecule has 1 aliphatic heterocycles. The van der Waals surface area contributed by atoms with Crippen LogP contribution in [-0.2, 0) is 13.2 Å². The molecule has 1 saturated heterocycles. The van der Waals surface area contributed by atoms with Crippen LogP contribution in [0.1, 0.15) is 20.8 Å². The molecule has 1 aliphatic rings. The number of hydrogen-bond acceptors (Lipinski definition) is 4. The van der Waals surface area contributed by atoms with Gasteiger partial charge in [0.1, 0.15) is 12.4 Å². The van der Waals surface area contributed by atoms with E-state index in [-0.39, 0.29) is 5.91 Å². The molecule has 1 fully saturated rings. The van der Waals surface area contributed by atoms with Crippen molar-refractivity contribution in [3.8, 4) is 5.75 Å². The zero-order chi connectivity index (χ0) is 20.9. The second kappa shape index (κ2) is 9.84. The smallest absolute Gasteiger partial charge is 0.264 e. The van der Waals surface area contributed by atoms with Gasteiger partial charge in [-0.15, -0.1) is 11.3 Å². The summed E-state index contributed by atoms with van der Waals surface area (Å²) < 4.78 is 5.77. The molecule has 2 heterocycles. The maximum absolute atomic E-state index is 12.9. The molecule has 2 aromatic carbocycles. The monoisotopic (exact) mass is 460 g/mol. The van der Waals surface area contributed by atoms with Crippen LogP contribution in [0.3, 0.4) is 0 Å². The summed E-state index contributed by atoms with van der Waals surface area (Å²) in [6.45, 7) is 4.49. The molecule has 1 amide bonds. The first-order valence-electron chi connectivity index (χ1n) is 9.79. The maximum atomic E-state index is 12.9. The SMILES string of the molecule is O=C(c1cc(COc2cccc(Cl)c2)cs1)N1CCN(Cc2ccc(Cl)cc2)CC1. The Bertz CT molecular complexity index is 998. The molecule has 0 saturated carbocycles. The van der Waals surface area contributed by atoms with Crippen LogP contribution in [0.5, 0.6) is 5.75 Å². The summed E-state index contributed by atoms with van der Waals surface area (Å²) in [6, 6.07) is 17.2. The highest BCUT2D eigenvalue weighted by atomic mass is 35.5. The molecule has 156 valence electrons. The first-order valence-corrected chi connectivity index (χ1v) is 11.4. The van der Waals surface area contributed by atoms with E-state index in [9.17, 15) is 4.79 Å². The van der Waals surface area contributed by atoms with Gasteiger partial charge >= 0.3 is 0 Å². The Hall–Kier alpha value is -2.05. The predicted molar refractivity (Wildman–Crippen MR) is 123 cm³/mol. The summed E-state index contributed by atoms with van der Waals surface area (Å²) in [4.78, 5) is 17.9. The Kier molecular flexibility index (Phi) is 6.95. The van der Waals surface area contributed by atoms with Crippen LogP contribution in [-0.4, -0.2) is 41.9 Å². The zero-order valence-corrected chi connectivity index (χ0v) is 18.7. The standard InChI is InChI=1S/C23H22Cl2N2O2S/c24-19-6-4-17(5-7-19)14-26-8-10-27(11-9-26)23(28)22-12-18(16-30-22)15-29-21-3-1-2-20(25)13-21/h1-7,12-13,16H,8-11,14-15H2. The molecule has 0 radical (unpaired) electrons. The molecule has 3 aromatic rings. The van der Waals surface area contributed by atoms with Crippen molar-refractivity contribution in [2.45, 2.75) is 13.2 Å². The van der Waals surface area contributed by atoms with Crippen molar-refractivity contribution in [1.82, 2.24) is 9.80 Å². The van der Waals surface area contributed by atoms with Crippen molar-refractivity contribution < 1.29 is 9.53 Å². The number of nitrogens with zero attached hydrogens (tertiary/aromatic N) is 2. The van der Waals surface area contributed by atoms with Gasteiger partial charge in [0, 0.05) is 48.3 Å². The highest BCUT2D eigenvalue weighted by Crippen LogP contribution is 2.22. The summed E-state index contributed by atoms with van der Waals surface area (Å²) >= 11 is 13.4. The van der Waals surface area contributed by atoms with Crippen LogP contribution in [0.2, 0.25) is 10.0 Å². The van der Waals surface area contributed by atoms with Crippen molar-refractivity contribution in [3.05, 3.63) is 86.0 Å². The van der Waals surface area contributed by atoms with E-state index in [1.807, 2.05) is 46.7 Å². The van der Waals surface area contributed by atoms with Crippen LogP contribution < -0.4 is 4.74 Å². The van der Waals surface area contributed by atoms with Crippen molar-refractivity contribution in [2.24, 2.45) is 0 Å². The molecule has 1 aromatic heterocycles. The van der Waals surface area contributed by atoms with Gasteiger partial charge in [-0.3, -0.25) is 9.69 Å². The number of benzene rings is 2. The largest absolute Gasteiger partial charge is 0.489 e. The molecule has 0 spiro atoms. The minimum atomic E-state index is 0.0974. The Balaban J connectivity index is 1.27. The topological polar surface area (TPSA) is 32.8 Å². The minimum Gasteiger partial charge on any atom is -0.489 e. The van der Waals surface area contributed by atoms with Crippen LogP contribution in [0.15, 0.2) is 60.0 Å². The van der Waals surface area contributed by atoms with Gasteiger partial charge in [-0.1, -0.05) is 41.4 Å². The number of hydrogen-bond donors (Lipinski definition) is 0. The van der Waals surface area contributed by atoms with Crippen LogP contribution >= 0.6 is 34.5 Å². The van der Waals surface area contributed by atoms with E-state index in [4.69, 9.17) is 27.9 Å². The number of piperazine rings is 1. The molecular formula is C23H22Cl2N2O2S. The fourth-order valence-corrected chi connectivity index (χ4v) is 4.57. The lowest BCUT2D eigenvalue weighted by Gasteiger charge is -2.34. The number of ether oxygens (including phenoxy) is 1. The molecule has 0 bridgehead atoms. The number of rotatable bonds is 6. The normalized spacial score (nSPS) is 14.7. The Morgan fingerprint density at radius 3 is 2.43 bits per heavy atom. The van der Waals surface area contributed by atoms with E-state index >= 15 is 0 Å². The Morgan fingerprint density at radius 2 is 1.70 bits per heavy atom. The average Bonchev–Trinajstić information content (AvgIpc) is 3.23. The lowest BCUT2D eigenvalue weighted by molar-refractivity contribution is 0.0633. The molecule has 30 heavy (non-hydrogen) atoms. The van der Waals surface area contributed by atoms with Crippen LogP contribution in [0, 0.1) is 0 Å². The van der Waals surface area contributed by atoms with Gasteiger partial charge in [-0.2, -0.15) is 0 Å². The molecular weight excluding hydrogens is 439 g/mol. The molecule has 7 heteroatoms. The Morgan fingerprint density at radius 1 is 0.933 bits per heavy atom. The molecule has 0 unspecified atom stereocenters. The zero-order valence-electron chi connectivity index (χ0n) is 16.4. The number of amides is 1. The van der Waals surface area contributed by atoms with Gasteiger partial charge in [0.25, 0.3) is 5.91 Å². The summed E-state index contributed by atoms with van der Waals surface area (Å²) in [5.41, 5.74) is 2.23. The van der Waals surface area contributed by atoms with Crippen molar-refractivity contribution in [3.63, 3.8) is 0 Å². The highest BCUT2D eigenvalue weighted by Gasteiger charge is 2.23. The third kappa shape index (κ3) is 5.55. The van der Waals surface area contributed by atoms with Gasteiger partial charge in [0.05, 0.1) is 4.88 Å². The van der Waals surface area contributed by atoms with Gasteiger partial charge in [0.2, 0.25) is 0 Å². The van der Waals surface area contributed by atoms with Crippen LogP contribution in [0.25, 0.3) is 0 Å². The van der Waals surface area contributed by atoms with Gasteiger partial charge < -0.3 is 9.64 Å². The predicted octanol–water partition coefficient (Wildman–Crippen LogP) is 5.59. The summed E-state index contributed by atoms with van der Waals surface area (Å²) in [7, 11) is 0. The van der Waals surface area contributed by atoms with Crippen LogP contribution in [0.4, 0.5) is 0 Å². The maximum Gasteiger partial charge on any atom is 0.264 e. The fourth-order valence-electron chi connectivity index (χ4n) is 3.40. The number of carbonyl (C=O) groups excluding carboxylic acids is 1. The van der Waals surface area contributed by atoms with Crippen molar-refractivity contribution in [1.29, 1.82) is 0 Å². The van der Waals surface area contributed by atoms with Crippen molar-refractivity contribution in [2.75, 3.05) is 26.2 Å². The Labute approximate surface area is 190 Å². The molecule has 4 nitrogen and oxygen atoms in total. The number of carbonyl (C=O) groups is 1. The highest BCUT2D eigenvalue weighted by molar-refractivity contribution is 7.12. The third-order valence-electron chi connectivity index (χ3n) is 5.05. The number of thiophene rings is 1. The first kappa shape index (κ1) is 21.2. The van der Waals surface area contributed by atoms with E-state index in [1.54, 1.807) is 6.07 Å². The average molecular weight is 461 g/mol. The van der Waals surface area contributed by atoms with Gasteiger partial charge in [-0.25, -0.2) is 0 Å². The lowest BCUT2D eigenvalue weighted by Crippen LogP contribution is -2.48. The molecule has 0 atom stereocenters. The third-order valence-corrected chi connectivity index (χ3v) is 6.50. The molecule has 0 N–H and O–H groups in total. The fraction of sp³-hybridized carbons (Fsp3) is 0.261. The van der Waals surface area contributed by atoms with E-state index in [0.29, 0.717) is 11.6 Å². The van der Waals surface area contributed by atoms with Gasteiger partial charge in [0.15, 0.2) is 0 Å². The molecule has 4 rings (SSSR count). The van der Waals surface area contributed by atoms with E-state index in [1.165, 1.54) is 16.9 Å². The minimum absolute atomic E-state index is 0.0974. The summed E-state index contributed by atoms with van der Waals surface area (Å²) in [6.07, 6.45) is 0. The number of halogens is 2. The van der Waals surface area contributed by atoms with E-state index < -0.39 is 0 Å². The second-order valence-electron chi connectivity index (χ2n) is 7.26. The summed E-state index contributed by atoms with van der Waals surface area (Å²) in [5, 5.41) is 3.38. The first-order chi connectivity index (χ1) is 14.6. The quantitative estimate of drug-likeness (QED) is 0.480. The summed E-state index contributed by atoms with van der Waals surface area (Å²) in [5.74, 6) is 0.818. The van der Waals surface area contributed by atoms with E-state index in [2.05, 4.69) is 17.0 Å².